The molecule has 0 radical (unpaired) electrons. The van der Waals surface area contributed by atoms with Crippen LogP contribution in [-0.4, -0.2) is 30.6 Å². The quantitative estimate of drug-likeness (QED) is 0.697. The zero-order valence-electron chi connectivity index (χ0n) is 12.6. The Morgan fingerprint density at radius 3 is 2.74 bits per heavy atom. The van der Waals surface area contributed by atoms with Crippen LogP contribution in [0.4, 0.5) is 0 Å². The van der Waals surface area contributed by atoms with Crippen molar-refractivity contribution in [2.75, 3.05) is 19.7 Å². The third-order valence-corrected chi connectivity index (χ3v) is 3.61. The van der Waals surface area contributed by atoms with Gasteiger partial charge in [0, 0.05) is 19.1 Å². The molecule has 3 heteroatoms. The Labute approximate surface area is 117 Å². The van der Waals surface area contributed by atoms with Gasteiger partial charge in [-0.3, -0.25) is 0 Å². The standard InChI is InChI=1S/C16H28N2O/c1-4-14(3)18(5-2)10-7-11-19-16-9-6-8-15(12-16)13-17/h6,8-9,12,14H,4-5,7,10-11,13,17H2,1-3H3. The van der Waals surface area contributed by atoms with Crippen molar-refractivity contribution in [2.24, 2.45) is 5.73 Å². The Kier molecular flexibility index (Phi) is 7.53. The molecule has 108 valence electrons. The molecule has 0 aliphatic carbocycles. The van der Waals surface area contributed by atoms with Crippen molar-refractivity contribution in [3.05, 3.63) is 29.8 Å². The van der Waals surface area contributed by atoms with Crippen LogP contribution in [0.3, 0.4) is 0 Å². The highest BCUT2D eigenvalue weighted by molar-refractivity contribution is 5.28. The van der Waals surface area contributed by atoms with Crippen LogP contribution in [0.2, 0.25) is 0 Å². The van der Waals surface area contributed by atoms with Gasteiger partial charge in [-0.05, 0) is 44.0 Å². The number of benzene rings is 1. The van der Waals surface area contributed by atoms with Crippen molar-refractivity contribution in [1.82, 2.24) is 4.90 Å². The molecule has 0 bridgehead atoms. The molecule has 1 aromatic rings. The van der Waals surface area contributed by atoms with Gasteiger partial charge in [-0.15, -0.1) is 0 Å². The van der Waals surface area contributed by atoms with Crippen molar-refractivity contribution in [1.29, 1.82) is 0 Å². The average molecular weight is 264 g/mol. The molecule has 1 aromatic carbocycles. The molecule has 0 saturated carbocycles. The van der Waals surface area contributed by atoms with E-state index in [-0.39, 0.29) is 0 Å². The molecule has 19 heavy (non-hydrogen) atoms. The normalized spacial score (nSPS) is 12.7. The second kappa shape index (κ2) is 8.94. The van der Waals surface area contributed by atoms with E-state index in [1.807, 2.05) is 24.3 Å². The van der Waals surface area contributed by atoms with Crippen LogP contribution in [0, 0.1) is 0 Å². The highest BCUT2D eigenvalue weighted by Gasteiger charge is 2.08. The summed E-state index contributed by atoms with van der Waals surface area (Å²) in [5.74, 6) is 0.925. The molecule has 0 amide bonds. The highest BCUT2D eigenvalue weighted by atomic mass is 16.5. The summed E-state index contributed by atoms with van der Waals surface area (Å²) in [7, 11) is 0. The summed E-state index contributed by atoms with van der Waals surface area (Å²) < 4.78 is 5.77. The number of ether oxygens (including phenoxy) is 1. The molecule has 0 spiro atoms. The van der Waals surface area contributed by atoms with Crippen LogP contribution in [0.5, 0.6) is 5.75 Å². The van der Waals surface area contributed by atoms with Gasteiger partial charge in [0.1, 0.15) is 5.75 Å². The van der Waals surface area contributed by atoms with E-state index in [0.717, 1.165) is 37.4 Å². The largest absolute Gasteiger partial charge is 0.494 e. The smallest absolute Gasteiger partial charge is 0.119 e. The highest BCUT2D eigenvalue weighted by Crippen LogP contribution is 2.13. The predicted molar refractivity (Wildman–Crippen MR) is 81.4 cm³/mol. The second-order valence-electron chi connectivity index (χ2n) is 4.94. The van der Waals surface area contributed by atoms with Gasteiger partial charge in [0.2, 0.25) is 0 Å². The monoisotopic (exact) mass is 264 g/mol. The summed E-state index contributed by atoms with van der Waals surface area (Å²) in [6, 6.07) is 8.69. The summed E-state index contributed by atoms with van der Waals surface area (Å²) in [4.78, 5) is 2.50. The molecule has 1 atom stereocenters. The maximum atomic E-state index is 5.77. The SMILES string of the molecule is CCC(C)N(CC)CCCOc1cccc(CN)c1. The van der Waals surface area contributed by atoms with E-state index in [9.17, 15) is 0 Å². The Morgan fingerprint density at radius 2 is 2.11 bits per heavy atom. The summed E-state index contributed by atoms with van der Waals surface area (Å²) in [5, 5.41) is 0. The summed E-state index contributed by atoms with van der Waals surface area (Å²) >= 11 is 0. The molecule has 0 fully saturated rings. The van der Waals surface area contributed by atoms with Gasteiger partial charge in [0.25, 0.3) is 0 Å². The van der Waals surface area contributed by atoms with Crippen LogP contribution in [-0.2, 0) is 6.54 Å². The molecule has 0 saturated heterocycles. The maximum absolute atomic E-state index is 5.77. The van der Waals surface area contributed by atoms with E-state index in [0.29, 0.717) is 12.6 Å². The molecular formula is C16H28N2O. The molecule has 0 aliphatic heterocycles. The molecule has 0 aromatic heterocycles. The van der Waals surface area contributed by atoms with E-state index >= 15 is 0 Å². The van der Waals surface area contributed by atoms with Gasteiger partial charge in [0.15, 0.2) is 0 Å². The first kappa shape index (κ1) is 16.0. The zero-order chi connectivity index (χ0) is 14.1. The summed E-state index contributed by atoms with van der Waals surface area (Å²) in [6.45, 7) is 10.3. The van der Waals surface area contributed by atoms with Crippen molar-refractivity contribution in [2.45, 2.75) is 46.2 Å². The van der Waals surface area contributed by atoms with Crippen molar-refractivity contribution >= 4 is 0 Å². The lowest BCUT2D eigenvalue weighted by Crippen LogP contribution is -2.33. The summed E-state index contributed by atoms with van der Waals surface area (Å²) in [5.41, 5.74) is 6.74. The third kappa shape index (κ3) is 5.62. The number of hydrogen-bond donors (Lipinski definition) is 1. The predicted octanol–water partition coefficient (Wildman–Crippen LogP) is 3.03. The Morgan fingerprint density at radius 1 is 1.32 bits per heavy atom. The third-order valence-electron chi connectivity index (χ3n) is 3.61. The molecule has 3 nitrogen and oxygen atoms in total. The van der Waals surface area contributed by atoms with Gasteiger partial charge >= 0.3 is 0 Å². The fourth-order valence-corrected chi connectivity index (χ4v) is 2.17. The van der Waals surface area contributed by atoms with Gasteiger partial charge in [-0.25, -0.2) is 0 Å². The molecule has 0 aliphatic rings. The van der Waals surface area contributed by atoms with Crippen LogP contribution in [0.15, 0.2) is 24.3 Å². The van der Waals surface area contributed by atoms with E-state index < -0.39 is 0 Å². The molecule has 2 N–H and O–H groups in total. The van der Waals surface area contributed by atoms with Gasteiger partial charge < -0.3 is 15.4 Å². The number of rotatable bonds is 9. The number of nitrogens with zero attached hydrogens (tertiary/aromatic N) is 1. The van der Waals surface area contributed by atoms with Crippen LogP contribution in [0.1, 0.15) is 39.2 Å². The minimum Gasteiger partial charge on any atom is -0.494 e. The van der Waals surface area contributed by atoms with E-state index in [1.54, 1.807) is 0 Å². The first-order valence-electron chi connectivity index (χ1n) is 7.37. The van der Waals surface area contributed by atoms with Gasteiger partial charge in [-0.2, -0.15) is 0 Å². The zero-order valence-corrected chi connectivity index (χ0v) is 12.6. The topological polar surface area (TPSA) is 38.5 Å². The lowest BCUT2D eigenvalue weighted by molar-refractivity contribution is 0.193. The van der Waals surface area contributed by atoms with Crippen LogP contribution in [0.25, 0.3) is 0 Å². The summed E-state index contributed by atoms with van der Waals surface area (Å²) in [6.07, 6.45) is 2.26. The molecule has 0 heterocycles. The van der Waals surface area contributed by atoms with Gasteiger partial charge in [-0.1, -0.05) is 26.0 Å². The minimum atomic E-state index is 0.564. The lowest BCUT2D eigenvalue weighted by atomic mass is 10.2. The van der Waals surface area contributed by atoms with Gasteiger partial charge in [0.05, 0.1) is 6.61 Å². The van der Waals surface area contributed by atoms with Crippen LogP contribution >= 0.6 is 0 Å². The first-order valence-corrected chi connectivity index (χ1v) is 7.37. The average Bonchev–Trinajstić information content (AvgIpc) is 2.47. The first-order chi connectivity index (χ1) is 9.21. The van der Waals surface area contributed by atoms with Crippen molar-refractivity contribution < 1.29 is 4.74 Å². The minimum absolute atomic E-state index is 0.564. The Hall–Kier alpha value is -1.06. The molecule has 1 unspecified atom stereocenters. The second-order valence-corrected chi connectivity index (χ2v) is 4.94. The van der Waals surface area contributed by atoms with E-state index in [2.05, 4.69) is 25.7 Å². The van der Waals surface area contributed by atoms with E-state index in [4.69, 9.17) is 10.5 Å². The Balaban J connectivity index is 2.29. The van der Waals surface area contributed by atoms with Crippen molar-refractivity contribution in [3.63, 3.8) is 0 Å². The number of nitrogens with two attached hydrogens (primary N) is 1. The van der Waals surface area contributed by atoms with E-state index in [1.165, 1.54) is 6.42 Å². The number of hydrogen-bond acceptors (Lipinski definition) is 3. The molecule has 1 rings (SSSR count). The fourth-order valence-electron chi connectivity index (χ4n) is 2.17. The van der Waals surface area contributed by atoms with Crippen LogP contribution < -0.4 is 10.5 Å². The fraction of sp³-hybridized carbons (Fsp3) is 0.625. The lowest BCUT2D eigenvalue weighted by Gasteiger charge is -2.26. The van der Waals surface area contributed by atoms with Crippen molar-refractivity contribution in [3.8, 4) is 5.75 Å². The molecular weight excluding hydrogens is 236 g/mol. The Bertz CT molecular complexity index is 354. The maximum Gasteiger partial charge on any atom is 0.119 e.